The second kappa shape index (κ2) is 4.79. The Bertz CT molecular complexity index is 639. The van der Waals surface area contributed by atoms with Gasteiger partial charge in [0.15, 0.2) is 11.4 Å². The molecule has 0 saturated heterocycles. The number of aliphatic carboxylic acids is 1. The van der Waals surface area contributed by atoms with Crippen molar-refractivity contribution in [1.82, 2.24) is 20.2 Å². The number of tetrazole rings is 1. The van der Waals surface area contributed by atoms with Gasteiger partial charge in [-0.3, -0.25) is 0 Å². The zero-order valence-corrected chi connectivity index (χ0v) is 11.6. The van der Waals surface area contributed by atoms with Gasteiger partial charge in [-0.15, -0.1) is 5.10 Å². The van der Waals surface area contributed by atoms with Gasteiger partial charge >= 0.3 is 5.97 Å². The Morgan fingerprint density at radius 3 is 2.68 bits per heavy atom. The number of carbonyl (C=O) groups is 1. The smallest absolute Gasteiger partial charge is 0.331 e. The molecule has 0 spiro atoms. The third kappa shape index (κ3) is 2.41. The molecule has 1 aromatic carbocycles. The predicted molar refractivity (Wildman–Crippen MR) is 70.2 cm³/mol. The van der Waals surface area contributed by atoms with Gasteiger partial charge < -0.3 is 5.11 Å². The summed E-state index contributed by atoms with van der Waals surface area (Å²) in [6.07, 6.45) is 0. The lowest BCUT2D eigenvalue weighted by molar-refractivity contribution is -0.146. The molecule has 2 aromatic rings. The summed E-state index contributed by atoms with van der Waals surface area (Å²) in [6.45, 7) is 2.99. The number of aromatic nitrogens is 4. The Kier molecular flexibility index (Phi) is 3.47. The lowest BCUT2D eigenvalue weighted by atomic mass is 10.1. The van der Waals surface area contributed by atoms with Crippen molar-refractivity contribution in [3.8, 4) is 11.4 Å². The van der Waals surface area contributed by atoms with E-state index in [9.17, 15) is 9.90 Å². The molecule has 100 valence electrons. The normalized spacial score (nSPS) is 11.6. The quantitative estimate of drug-likeness (QED) is 0.941. The zero-order chi connectivity index (χ0) is 14.2. The fourth-order valence-corrected chi connectivity index (χ4v) is 1.87. The first-order valence-electron chi connectivity index (χ1n) is 5.31. The monoisotopic (exact) mass is 300 g/mol. The summed E-state index contributed by atoms with van der Waals surface area (Å²) in [4.78, 5) is 11.3. The summed E-state index contributed by atoms with van der Waals surface area (Å²) >= 11 is 12.0. The first kappa shape index (κ1) is 13.8. The van der Waals surface area contributed by atoms with Crippen LogP contribution in [0.3, 0.4) is 0 Å². The highest BCUT2D eigenvalue weighted by molar-refractivity contribution is 6.35. The van der Waals surface area contributed by atoms with Crippen molar-refractivity contribution in [2.45, 2.75) is 19.4 Å². The van der Waals surface area contributed by atoms with E-state index in [0.29, 0.717) is 15.6 Å². The molecular weight excluding hydrogens is 291 g/mol. The van der Waals surface area contributed by atoms with Crippen LogP contribution in [0.5, 0.6) is 0 Å². The molecule has 0 aliphatic rings. The van der Waals surface area contributed by atoms with Crippen LogP contribution in [0, 0.1) is 0 Å². The number of carboxylic acids is 1. The maximum Gasteiger partial charge on any atom is 0.331 e. The van der Waals surface area contributed by atoms with Crippen molar-refractivity contribution in [2.75, 3.05) is 0 Å². The van der Waals surface area contributed by atoms with Crippen molar-refractivity contribution in [1.29, 1.82) is 0 Å². The molecule has 2 rings (SSSR count). The molecule has 1 aromatic heterocycles. The van der Waals surface area contributed by atoms with Crippen molar-refractivity contribution >= 4 is 29.2 Å². The Morgan fingerprint density at radius 2 is 2.05 bits per heavy atom. The summed E-state index contributed by atoms with van der Waals surface area (Å²) in [5.74, 6) is -0.806. The van der Waals surface area contributed by atoms with Gasteiger partial charge in [0, 0.05) is 10.6 Å². The first-order chi connectivity index (χ1) is 8.84. The van der Waals surface area contributed by atoms with E-state index in [2.05, 4.69) is 15.5 Å². The highest BCUT2D eigenvalue weighted by Crippen LogP contribution is 2.31. The largest absolute Gasteiger partial charge is 0.479 e. The molecule has 1 heterocycles. The van der Waals surface area contributed by atoms with Crippen LogP contribution < -0.4 is 0 Å². The van der Waals surface area contributed by atoms with Crippen LogP contribution in [-0.2, 0) is 10.3 Å². The highest BCUT2D eigenvalue weighted by Gasteiger charge is 2.34. The summed E-state index contributed by atoms with van der Waals surface area (Å²) in [5, 5.41) is 21.2. The molecule has 8 heteroatoms. The van der Waals surface area contributed by atoms with Crippen molar-refractivity contribution < 1.29 is 9.90 Å². The molecule has 0 aliphatic heterocycles. The van der Waals surface area contributed by atoms with E-state index in [1.165, 1.54) is 18.5 Å². The summed E-state index contributed by atoms with van der Waals surface area (Å²) in [7, 11) is 0. The van der Waals surface area contributed by atoms with Gasteiger partial charge in [-0.25, -0.2) is 9.48 Å². The van der Waals surface area contributed by atoms with Crippen LogP contribution in [0.1, 0.15) is 13.8 Å². The number of rotatable bonds is 3. The van der Waals surface area contributed by atoms with Crippen LogP contribution in [0.2, 0.25) is 10.0 Å². The Hall–Kier alpha value is -1.66. The lowest BCUT2D eigenvalue weighted by Gasteiger charge is -2.20. The number of hydrogen-bond acceptors (Lipinski definition) is 4. The minimum absolute atomic E-state index is 0.250. The van der Waals surface area contributed by atoms with Crippen molar-refractivity contribution in [3.05, 3.63) is 28.2 Å². The average Bonchev–Trinajstić information content (AvgIpc) is 2.81. The van der Waals surface area contributed by atoms with E-state index in [1.54, 1.807) is 18.2 Å². The van der Waals surface area contributed by atoms with E-state index >= 15 is 0 Å². The Labute approximate surface area is 118 Å². The lowest BCUT2D eigenvalue weighted by Crippen LogP contribution is -2.37. The molecule has 0 atom stereocenters. The molecule has 0 fully saturated rings. The zero-order valence-electron chi connectivity index (χ0n) is 10.1. The van der Waals surface area contributed by atoms with Crippen molar-refractivity contribution in [2.24, 2.45) is 0 Å². The number of nitrogens with zero attached hydrogens (tertiary/aromatic N) is 4. The molecule has 0 bridgehead atoms. The number of halogens is 2. The minimum atomic E-state index is -1.30. The van der Waals surface area contributed by atoms with Gasteiger partial charge in [0.25, 0.3) is 0 Å². The predicted octanol–water partition coefficient (Wildman–Crippen LogP) is 2.47. The van der Waals surface area contributed by atoms with Gasteiger partial charge in [0.05, 0.1) is 5.02 Å². The number of carboxylic acid groups (broad SMARTS) is 1. The molecule has 19 heavy (non-hydrogen) atoms. The second-order valence-corrected chi connectivity index (χ2v) is 5.25. The molecule has 0 radical (unpaired) electrons. The highest BCUT2D eigenvalue weighted by atomic mass is 35.5. The third-order valence-corrected chi connectivity index (χ3v) is 3.26. The van der Waals surface area contributed by atoms with Crippen LogP contribution >= 0.6 is 23.2 Å². The average molecular weight is 301 g/mol. The van der Waals surface area contributed by atoms with E-state index < -0.39 is 11.5 Å². The van der Waals surface area contributed by atoms with Gasteiger partial charge in [-0.1, -0.05) is 23.2 Å². The second-order valence-electron chi connectivity index (χ2n) is 4.40. The molecule has 1 N–H and O–H groups in total. The van der Waals surface area contributed by atoms with Gasteiger partial charge in [0.2, 0.25) is 0 Å². The molecule has 0 aliphatic carbocycles. The van der Waals surface area contributed by atoms with Gasteiger partial charge in [0.1, 0.15) is 0 Å². The minimum Gasteiger partial charge on any atom is -0.479 e. The van der Waals surface area contributed by atoms with E-state index in [-0.39, 0.29) is 5.82 Å². The first-order valence-corrected chi connectivity index (χ1v) is 6.07. The Morgan fingerprint density at radius 1 is 1.37 bits per heavy atom. The summed E-state index contributed by atoms with van der Waals surface area (Å²) < 4.78 is 1.20. The molecule has 0 amide bonds. The van der Waals surface area contributed by atoms with Gasteiger partial charge in [-0.05, 0) is 42.5 Å². The standard InChI is InChI=1S/C11H10Cl2N4O2/c1-11(2,10(18)19)17-9(14-15-16-17)7-5-6(12)3-4-8(7)13/h3-5H,1-2H3,(H,18,19). The molecule has 0 unspecified atom stereocenters. The topological polar surface area (TPSA) is 80.9 Å². The van der Waals surface area contributed by atoms with Crippen molar-refractivity contribution in [3.63, 3.8) is 0 Å². The third-order valence-electron chi connectivity index (χ3n) is 2.69. The SMILES string of the molecule is CC(C)(C(=O)O)n1nnnc1-c1cc(Cl)ccc1Cl. The molecular formula is C11H10Cl2N4O2. The number of benzene rings is 1. The van der Waals surface area contributed by atoms with E-state index in [0.717, 1.165) is 0 Å². The fourth-order valence-electron chi connectivity index (χ4n) is 1.49. The Balaban J connectivity index is 2.63. The maximum atomic E-state index is 11.3. The molecule has 6 nitrogen and oxygen atoms in total. The fraction of sp³-hybridized carbons (Fsp3) is 0.273. The summed E-state index contributed by atoms with van der Waals surface area (Å²) in [5.41, 5.74) is -0.821. The van der Waals surface area contributed by atoms with Crippen LogP contribution in [0.4, 0.5) is 0 Å². The van der Waals surface area contributed by atoms with E-state index in [1.807, 2.05) is 0 Å². The van der Waals surface area contributed by atoms with Crippen LogP contribution in [0.15, 0.2) is 18.2 Å². The summed E-state index contributed by atoms with van der Waals surface area (Å²) in [6, 6.07) is 4.82. The maximum absolute atomic E-state index is 11.3. The van der Waals surface area contributed by atoms with Gasteiger partial charge in [-0.2, -0.15) is 0 Å². The van der Waals surface area contributed by atoms with Crippen LogP contribution in [-0.4, -0.2) is 31.3 Å². The van der Waals surface area contributed by atoms with E-state index in [4.69, 9.17) is 23.2 Å². The van der Waals surface area contributed by atoms with Crippen LogP contribution in [0.25, 0.3) is 11.4 Å². The molecule has 0 saturated carbocycles. The number of hydrogen-bond donors (Lipinski definition) is 1.